The van der Waals surface area contributed by atoms with Crippen LogP contribution in [0.3, 0.4) is 0 Å². The maximum atomic E-state index is 11.9. The van der Waals surface area contributed by atoms with Crippen molar-refractivity contribution in [3.63, 3.8) is 0 Å². The van der Waals surface area contributed by atoms with E-state index in [-0.39, 0.29) is 19.1 Å². The van der Waals surface area contributed by atoms with Gasteiger partial charge in [-0.05, 0) is 49.6 Å². The van der Waals surface area contributed by atoms with Crippen molar-refractivity contribution in [3.05, 3.63) is 35.1 Å². The molecule has 130 valence electrons. The summed E-state index contributed by atoms with van der Waals surface area (Å²) in [6.07, 6.45) is 0.886. The number of tetrazole rings is 1. The summed E-state index contributed by atoms with van der Waals surface area (Å²) in [5, 5.41) is 14.6. The van der Waals surface area contributed by atoms with Crippen molar-refractivity contribution >= 4 is 17.5 Å². The van der Waals surface area contributed by atoms with Gasteiger partial charge in [0.25, 0.3) is 0 Å². The number of halogens is 1. The molecule has 1 heterocycles. The molecule has 8 nitrogen and oxygen atoms in total. The number of carbonyl (C=O) groups excluding carboxylic acids is 1. The Balaban J connectivity index is 1.82. The second kappa shape index (κ2) is 9.19. The molecule has 0 unspecified atom stereocenters. The molecule has 0 saturated carbocycles. The van der Waals surface area contributed by atoms with Crippen LogP contribution in [-0.2, 0) is 17.9 Å². The highest BCUT2D eigenvalue weighted by atomic mass is 35.5. The zero-order valence-electron chi connectivity index (χ0n) is 13.8. The quantitative estimate of drug-likeness (QED) is 0.677. The standard InChI is InChI=1S/C15H21ClN6O2/c1-21(2)9-5-8-17-15(23)10-22-14(18-19-20-22)11-24-13-7-4-3-6-12(13)16/h3-4,6-7H,5,8-11H2,1-2H3,(H,17,23). The van der Waals surface area contributed by atoms with Gasteiger partial charge in [-0.3, -0.25) is 4.79 Å². The average molecular weight is 353 g/mol. The Hall–Kier alpha value is -2.19. The molecule has 1 amide bonds. The number of nitrogens with zero attached hydrogens (tertiary/aromatic N) is 5. The summed E-state index contributed by atoms with van der Waals surface area (Å²) in [7, 11) is 3.99. The number of ether oxygens (including phenoxy) is 1. The Bertz CT molecular complexity index is 661. The lowest BCUT2D eigenvalue weighted by atomic mass is 10.3. The number of hydrogen-bond acceptors (Lipinski definition) is 6. The van der Waals surface area contributed by atoms with Crippen LogP contribution in [0.5, 0.6) is 5.75 Å². The van der Waals surface area contributed by atoms with E-state index in [1.807, 2.05) is 26.2 Å². The van der Waals surface area contributed by atoms with E-state index in [0.717, 1.165) is 13.0 Å². The first-order valence-corrected chi connectivity index (χ1v) is 7.98. The second-order valence-electron chi connectivity index (χ2n) is 5.48. The van der Waals surface area contributed by atoms with Crippen LogP contribution in [0.15, 0.2) is 24.3 Å². The third-order valence-corrected chi connectivity index (χ3v) is 3.51. The van der Waals surface area contributed by atoms with Gasteiger partial charge in [-0.1, -0.05) is 23.7 Å². The zero-order chi connectivity index (χ0) is 17.4. The summed E-state index contributed by atoms with van der Waals surface area (Å²) < 4.78 is 7.01. The van der Waals surface area contributed by atoms with Crippen molar-refractivity contribution < 1.29 is 9.53 Å². The van der Waals surface area contributed by atoms with Gasteiger partial charge >= 0.3 is 0 Å². The van der Waals surface area contributed by atoms with Crippen LogP contribution < -0.4 is 10.1 Å². The van der Waals surface area contributed by atoms with Gasteiger partial charge in [0, 0.05) is 6.54 Å². The van der Waals surface area contributed by atoms with Crippen LogP contribution >= 0.6 is 11.6 Å². The Morgan fingerprint density at radius 2 is 2.17 bits per heavy atom. The first-order valence-electron chi connectivity index (χ1n) is 7.60. The molecule has 0 bridgehead atoms. The van der Waals surface area contributed by atoms with Gasteiger partial charge in [-0.2, -0.15) is 0 Å². The number of benzene rings is 1. The van der Waals surface area contributed by atoms with Gasteiger partial charge in [0.05, 0.1) is 5.02 Å². The fourth-order valence-electron chi connectivity index (χ4n) is 1.97. The molecule has 1 N–H and O–H groups in total. The van der Waals surface area contributed by atoms with Gasteiger partial charge in [-0.15, -0.1) is 5.10 Å². The van der Waals surface area contributed by atoms with E-state index < -0.39 is 0 Å². The SMILES string of the molecule is CN(C)CCCNC(=O)Cn1nnnc1COc1ccccc1Cl. The lowest BCUT2D eigenvalue weighted by molar-refractivity contribution is -0.121. The molecule has 2 aromatic rings. The molecule has 0 aliphatic rings. The summed E-state index contributed by atoms with van der Waals surface area (Å²) in [4.78, 5) is 14.0. The molecule has 0 saturated heterocycles. The molecule has 0 aliphatic heterocycles. The topological polar surface area (TPSA) is 85.2 Å². The summed E-state index contributed by atoms with van der Waals surface area (Å²) in [5.74, 6) is 0.861. The third kappa shape index (κ3) is 5.78. The van der Waals surface area contributed by atoms with Crippen LogP contribution in [0.25, 0.3) is 0 Å². The maximum absolute atomic E-state index is 11.9. The molecule has 0 atom stereocenters. The minimum atomic E-state index is -0.139. The monoisotopic (exact) mass is 352 g/mol. The zero-order valence-corrected chi connectivity index (χ0v) is 14.5. The Morgan fingerprint density at radius 1 is 1.38 bits per heavy atom. The van der Waals surface area contributed by atoms with Crippen LogP contribution in [0.1, 0.15) is 12.2 Å². The van der Waals surface area contributed by atoms with E-state index in [4.69, 9.17) is 16.3 Å². The molecular weight excluding hydrogens is 332 g/mol. The normalized spacial score (nSPS) is 10.8. The van der Waals surface area contributed by atoms with Gasteiger partial charge in [0.1, 0.15) is 18.9 Å². The molecule has 9 heteroatoms. The summed E-state index contributed by atoms with van der Waals surface area (Å²) in [6, 6.07) is 7.14. The maximum Gasteiger partial charge on any atom is 0.241 e. The summed E-state index contributed by atoms with van der Waals surface area (Å²) in [6.45, 7) is 1.72. The van der Waals surface area contributed by atoms with Gasteiger partial charge in [0.2, 0.25) is 5.91 Å². The van der Waals surface area contributed by atoms with E-state index in [9.17, 15) is 4.79 Å². The van der Waals surface area contributed by atoms with Crippen molar-refractivity contribution in [1.29, 1.82) is 0 Å². The smallest absolute Gasteiger partial charge is 0.241 e. The van der Waals surface area contributed by atoms with Crippen LogP contribution in [-0.4, -0.2) is 58.2 Å². The van der Waals surface area contributed by atoms with Crippen LogP contribution in [0, 0.1) is 0 Å². The van der Waals surface area contributed by atoms with E-state index in [1.165, 1.54) is 4.68 Å². The number of hydrogen-bond donors (Lipinski definition) is 1. The highest BCUT2D eigenvalue weighted by molar-refractivity contribution is 6.32. The Morgan fingerprint density at radius 3 is 2.92 bits per heavy atom. The fraction of sp³-hybridized carbons (Fsp3) is 0.467. The lowest BCUT2D eigenvalue weighted by Crippen LogP contribution is -2.31. The number of para-hydroxylation sites is 1. The molecule has 0 radical (unpaired) electrons. The number of nitrogens with one attached hydrogen (secondary N) is 1. The highest BCUT2D eigenvalue weighted by Gasteiger charge is 2.11. The molecule has 0 fully saturated rings. The molecule has 0 spiro atoms. The predicted octanol–water partition coefficient (Wildman–Crippen LogP) is 0.973. The average Bonchev–Trinajstić information content (AvgIpc) is 2.98. The van der Waals surface area contributed by atoms with E-state index >= 15 is 0 Å². The molecular formula is C15H21ClN6O2. The van der Waals surface area contributed by atoms with E-state index in [1.54, 1.807) is 12.1 Å². The number of aromatic nitrogens is 4. The largest absolute Gasteiger partial charge is 0.484 e. The number of amides is 1. The van der Waals surface area contributed by atoms with Gasteiger partial charge in [-0.25, -0.2) is 4.68 Å². The van der Waals surface area contributed by atoms with Crippen molar-refractivity contribution in [1.82, 2.24) is 30.4 Å². The minimum Gasteiger partial charge on any atom is -0.484 e. The first kappa shape index (κ1) is 18.2. The number of rotatable bonds is 9. The Kier molecular flexibility index (Phi) is 6.95. The first-order chi connectivity index (χ1) is 11.6. The third-order valence-electron chi connectivity index (χ3n) is 3.20. The van der Waals surface area contributed by atoms with Crippen molar-refractivity contribution in [2.24, 2.45) is 0 Å². The molecule has 1 aromatic carbocycles. The van der Waals surface area contributed by atoms with Crippen molar-refractivity contribution in [2.75, 3.05) is 27.2 Å². The predicted molar refractivity (Wildman–Crippen MR) is 89.8 cm³/mol. The second-order valence-corrected chi connectivity index (χ2v) is 5.89. The molecule has 2 rings (SSSR count). The van der Waals surface area contributed by atoms with E-state index in [0.29, 0.717) is 23.1 Å². The summed E-state index contributed by atoms with van der Waals surface area (Å²) >= 11 is 6.03. The van der Waals surface area contributed by atoms with Crippen LogP contribution in [0.4, 0.5) is 0 Å². The molecule has 0 aliphatic carbocycles. The Labute approximate surface area is 145 Å². The van der Waals surface area contributed by atoms with Crippen molar-refractivity contribution in [3.8, 4) is 5.75 Å². The van der Waals surface area contributed by atoms with Gasteiger partial charge < -0.3 is 15.0 Å². The van der Waals surface area contributed by atoms with Crippen LogP contribution in [0.2, 0.25) is 5.02 Å². The highest BCUT2D eigenvalue weighted by Crippen LogP contribution is 2.23. The molecule has 1 aromatic heterocycles. The van der Waals surface area contributed by atoms with Crippen molar-refractivity contribution in [2.45, 2.75) is 19.6 Å². The lowest BCUT2D eigenvalue weighted by Gasteiger charge is -2.10. The fourth-order valence-corrected chi connectivity index (χ4v) is 2.16. The van der Waals surface area contributed by atoms with Gasteiger partial charge in [0.15, 0.2) is 5.82 Å². The summed E-state index contributed by atoms with van der Waals surface area (Å²) in [5.41, 5.74) is 0. The van der Waals surface area contributed by atoms with E-state index in [2.05, 4.69) is 25.7 Å². The minimum absolute atomic E-state index is 0.0518. The molecule has 24 heavy (non-hydrogen) atoms. The number of carbonyl (C=O) groups is 1.